The number of carbonyl (C=O) groups excluding carboxylic acids is 1. The van der Waals surface area contributed by atoms with E-state index in [1.807, 2.05) is 13.8 Å². The van der Waals surface area contributed by atoms with E-state index in [0.29, 0.717) is 17.8 Å². The van der Waals surface area contributed by atoms with Crippen molar-refractivity contribution in [2.24, 2.45) is 0 Å². The van der Waals surface area contributed by atoms with Gasteiger partial charge in [-0.1, -0.05) is 13.8 Å². The Balaban J connectivity index is 2.57. The Morgan fingerprint density at radius 3 is 2.65 bits per heavy atom. The average molecular weight is 236 g/mol. The maximum Gasteiger partial charge on any atom is 0.340 e. The Morgan fingerprint density at radius 1 is 1.59 bits per heavy atom. The number of hydrogen-bond donors (Lipinski definition) is 1. The monoisotopic (exact) mass is 236 g/mol. The Labute approximate surface area is 99.6 Å². The summed E-state index contributed by atoms with van der Waals surface area (Å²) < 4.78 is 5.66. The predicted octanol–water partition coefficient (Wildman–Crippen LogP) is 3.18. The summed E-state index contributed by atoms with van der Waals surface area (Å²) >= 11 is 0. The number of aromatic carboxylic acids is 1. The van der Waals surface area contributed by atoms with Crippen molar-refractivity contribution >= 4 is 12.3 Å². The van der Waals surface area contributed by atoms with Crippen molar-refractivity contribution in [1.29, 1.82) is 0 Å². The fraction of sp³-hybridized carbons (Fsp3) is 0.538. The van der Waals surface area contributed by atoms with Crippen LogP contribution in [0.1, 0.15) is 77.2 Å². The highest BCUT2D eigenvalue weighted by Gasteiger charge is 2.35. The molecule has 1 N–H and O–H groups in total. The molecule has 0 aromatic carbocycles. The van der Waals surface area contributed by atoms with Gasteiger partial charge in [-0.15, -0.1) is 0 Å². The number of aldehydes is 1. The van der Waals surface area contributed by atoms with Gasteiger partial charge < -0.3 is 9.52 Å². The van der Waals surface area contributed by atoms with E-state index in [1.54, 1.807) is 0 Å². The van der Waals surface area contributed by atoms with E-state index in [9.17, 15) is 14.7 Å². The summed E-state index contributed by atoms with van der Waals surface area (Å²) in [5.41, 5.74) is 0.312. The van der Waals surface area contributed by atoms with Gasteiger partial charge in [0.2, 0.25) is 0 Å². The Kier molecular flexibility index (Phi) is 3.05. The lowest BCUT2D eigenvalue weighted by Crippen LogP contribution is -2.05. The Bertz CT molecular complexity index is 454. The van der Waals surface area contributed by atoms with Gasteiger partial charge in [0.05, 0.1) is 5.56 Å². The number of hydrogen-bond acceptors (Lipinski definition) is 3. The number of rotatable bonds is 5. The molecule has 4 nitrogen and oxygen atoms in total. The normalized spacial score (nSPS) is 16.8. The molecule has 1 heterocycles. The SMILES string of the molecule is CCC(C)c1oc(C2CC2)c(C=O)c1C(=O)O. The van der Waals surface area contributed by atoms with Crippen LogP contribution in [0.25, 0.3) is 0 Å². The molecule has 17 heavy (non-hydrogen) atoms. The van der Waals surface area contributed by atoms with Crippen molar-refractivity contribution < 1.29 is 19.1 Å². The van der Waals surface area contributed by atoms with Gasteiger partial charge in [0.1, 0.15) is 17.1 Å². The number of carbonyl (C=O) groups is 2. The van der Waals surface area contributed by atoms with E-state index < -0.39 is 5.97 Å². The van der Waals surface area contributed by atoms with Crippen molar-refractivity contribution in [3.8, 4) is 0 Å². The minimum atomic E-state index is -1.07. The molecule has 1 aromatic rings. The van der Waals surface area contributed by atoms with Crippen LogP contribution < -0.4 is 0 Å². The largest absolute Gasteiger partial charge is 0.478 e. The van der Waals surface area contributed by atoms with Gasteiger partial charge in [-0.3, -0.25) is 4.79 Å². The van der Waals surface area contributed by atoms with Gasteiger partial charge >= 0.3 is 5.97 Å². The third kappa shape index (κ3) is 1.99. The van der Waals surface area contributed by atoms with Crippen LogP contribution in [0.3, 0.4) is 0 Å². The number of furan rings is 1. The molecule has 1 aliphatic rings. The van der Waals surface area contributed by atoms with Gasteiger partial charge in [-0.25, -0.2) is 4.79 Å². The fourth-order valence-electron chi connectivity index (χ4n) is 2.00. The van der Waals surface area contributed by atoms with E-state index in [4.69, 9.17) is 4.42 Å². The second-order valence-corrected chi connectivity index (χ2v) is 4.63. The van der Waals surface area contributed by atoms with E-state index in [1.165, 1.54) is 0 Å². The second-order valence-electron chi connectivity index (χ2n) is 4.63. The smallest absolute Gasteiger partial charge is 0.340 e. The van der Waals surface area contributed by atoms with Crippen molar-refractivity contribution in [3.05, 3.63) is 22.6 Å². The zero-order chi connectivity index (χ0) is 12.6. The van der Waals surface area contributed by atoms with Gasteiger partial charge in [0, 0.05) is 11.8 Å². The van der Waals surface area contributed by atoms with Gasteiger partial charge in [0.25, 0.3) is 0 Å². The first-order valence-corrected chi connectivity index (χ1v) is 5.95. The fourth-order valence-corrected chi connectivity index (χ4v) is 2.00. The van der Waals surface area contributed by atoms with Crippen LogP contribution in [0.4, 0.5) is 0 Å². The standard InChI is InChI=1S/C13H16O4/c1-3-7(2)11-10(13(15)16)9(6-14)12(17-11)8-4-5-8/h6-8H,3-5H2,1-2H3,(H,15,16). The molecule has 0 radical (unpaired) electrons. The maximum atomic E-state index is 11.3. The molecule has 1 aromatic heterocycles. The first kappa shape index (κ1) is 11.9. The molecule has 1 atom stereocenters. The summed E-state index contributed by atoms with van der Waals surface area (Å²) in [5, 5.41) is 9.22. The molecule has 92 valence electrons. The third-order valence-electron chi connectivity index (χ3n) is 3.34. The molecular weight excluding hydrogens is 220 g/mol. The van der Waals surface area contributed by atoms with Crippen LogP contribution in [-0.2, 0) is 0 Å². The molecule has 2 rings (SSSR count). The summed E-state index contributed by atoms with van der Waals surface area (Å²) in [4.78, 5) is 22.3. The van der Waals surface area contributed by atoms with Crippen LogP contribution in [-0.4, -0.2) is 17.4 Å². The maximum absolute atomic E-state index is 11.3. The number of carboxylic acids is 1. The molecule has 0 aliphatic heterocycles. The zero-order valence-corrected chi connectivity index (χ0v) is 10.0. The Morgan fingerprint density at radius 2 is 2.24 bits per heavy atom. The van der Waals surface area contributed by atoms with E-state index in [-0.39, 0.29) is 23.0 Å². The molecule has 1 aliphatic carbocycles. The first-order valence-electron chi connectivity index (χ1n) is 5.95. The van der Waals surface area contributed by atoms with Crippen LogP contribution in [0.5, 0.6) is 0 Å². The lowest BCUT2D eigenvalue weighted by molar-refractivity contribution is 0.0691. The van der Waals surface area contributed by atoms with Crippen LogP contribution in [0, 0.1) is 0 Å². The molecule has 1 saturated carbocycles. The first-order chi connectivity index (χ1) is 8.10. The third-order valence-corrected chi connectivity index (χ3v) is 3.34. The molecule has 1 fully saturated rings. The molecule has 0 bridgehead atoms. The van der Waals surface area contributed by atoms with Crippen molar-refractivity contribution in [3.63, 3.8) is 0 Å². The number of carboxylic acid groups (broad SMARTS) is 1. The summed E-state index contributed by atoms with van der Waals surface area (Å²) in [5.74, 6) is 0.216. The lowest BCUT2D eigenvalue weighted by atomic mass is 9.99. The average Bonchev–Trinajstić information content (AvgIpc) is 3.07. The van der Waals surface area contributed by atoms with Crippen LogP contribution >= 0.6 is 0 Å². The summed E-state index contributed by atoms with van der Waals surface area (Å²) in [6.07, 6.45) is 3.36. The van der Waals surface area contributed by atoms with Gasteiger partial charge in [-0.05, 0) is 19.3 Å². The van der Waals surface area contributed by atoms with E-state index in [0.717, 1.165) is 19.3 Å². The molecule has 0 amide bonds. The lowest BCUT2D eigenvalue weighted by Gasteiger charge is -2.05. The predicted molar refractivity (Wildman–Crippen MR) is 61.7 cm³/mol. The van der Waals surface area contributed by atoms with Crippen LogP contribution in [0.15, 0.2) is 4.42 Å². The Hall–Kier alpha value is -1.58. The van der Waals surface area contributed by atoms with Crippen molar-refractivity contribution in [1.82, 2.24) is 0 Å². The topological polar surface area (TPSA) is 67.5 Å². The minimum Gasteiger partial charge on any atom is -0.478 e. The molecule has 0 saturated heterocycles. The van der Waals surface area contributed by atoms with Crippen molar-refractivity contribution in [2.75, 3.05) is 0 Å². The highest BCUT2D eigenvalue weighted by molar-refractivity contribution is 5.99. The van der Waals surface area contributed by atoms with Gasteiger partial charge in [0.15, 0.2) is 6.29 Å². The van der Waals surface area contributed by atoms with E-state index in [2.05, 4.69) is 0 Å². The summed E-state index contributed by atoms with van der Waals surface area (Å²) in [7, 11) is 0. The summed E-state index contributed by atoms with van der Waals surface area (Å²) in [6, 6.07) is 0. The zero-order valence-electron chi connectivity index (χ0n) is 10.0. The highest BCUT2D eigenvalue weighted by atomic mass is 16.4. The van der Waals surface area contributed by atoms with Crippen LogP contribution in [0.2, 0.25) is 0 Å². The van der Waals surface area contributed by atoms with Gasteiger partial charge in [-0.2, -0.15) is 0 Å². The molecule has 4 heteroatoms. The minimum absolute atomic E-state index is 0.0206. The molecular formula is C13H16O4. The molecule has 1 unspecified atom stereocenters. The van der Waals surface area contributed by atoms with E-state index >= 15 is 0 Å². The second kappa shape index (κ2) is 4.35. The quantitative estimate of drug-likeness (QED) is 0.797. The van der Waals surface area contributed by atoms with Crippen molar-refractivity contribution in [2.45, 2.75) is 44.9 Å². The summed E-state index contributed by atoms with van der Waals surface area (Å²) in [6.45, 7) is 3.88. The molecule has 0 spiro atoms. The highest BCUT2D eigenvalue weighted by Crippen LogP contribution is 2.45.